The normalized spacial score (nSPS) is 12.6. The van der Waals surface area contributed by atoms with E-state index in [1.807, 2.05) is 0 Å². The van der Waals surface area contributed by atoms with Crippen LogP contribution in [0.2, 0.25) is 0 Å². The first-order chi connectivity index (χ1) is 7.81. The SMILES string of the molecule is CCOP(=NC(=O)C(Cl)(Cl)Cl)(OCC)OCC. The van der Waals surface area contributed by atoms with Gasteiger partial charge in [0.15, 0.2) is 0 Å². The minimum atomic E-state index is -3.13. The fourth-order valence-corrected chi connectivity index (χ4v) is 2.91. The summed E-state index contributed by atoms with van der Waals surface area (Å²) in [6.45, 7) is 5.98. The molecule has 0 saturated heterocycles. The van der Waals surface area contributed by atoms with Crippen LogP contribution in [-0.2, 0) is 18.4 Å². The maximum absolute atomic E-state index is 11.5. The van der Waals surface area contributed by atoms with Gasteiger partial charge in [-0.05, 0) is 20.8 Å². The standard InChI is InChI=1S/C8H15Cl3NO4P/c1-4-14-17(15-5-2,16-6-3)12-7(13)8(9,10)11/h4-6H2,1-3H3. The van der Waals surface area contributed by atoms with Crippen LogP contribution in [0.5, 0.6) is 0 Å². The number of carbonyl (C=O) groups is 1. The van der Waals surface area contributed by atoms with Gasteiger partial charge in [-0.2, -0.15) is 4.74 Å². The van der Waals surface area contributed by atoms with Gasteiger partial charge in [-0.1, -0.05) is 34.8 Å². The lowest BCUT2D eigenvalue weighted by atomic mass is 10.7. The number of carbonyl (C=O) groups excluding carboxylic acids is 1. The summed E-state index contributed by atoms with van der Waals surface area (Å²) in [4.78, 5) is 11.5. The van der Waals surface area contributed by atoms with Gasteiger partial charge in [0.2, 0.25) is 0 Å². The zero-order valence-corrected chi connectivity index (χ0v) is 12.9. The van der Waals surface area contributed by atoms with Gasteiger partial charge in [-0.15, -0.1) is 0 Å². The molecular weight excluding hydrogens is 311 g/mol. The molecule has 0 fully saturated rings. The molecule has 0 heterocycles. The molecule has 5 nitrogen and oxygen atoms in total. The number of hydrogen-bond acceptors (Lipinski definition) is 4. The van der Waals surface area contributed by atoms with Crippen LogP contribution in [-0.4, -0.2) is 29.5 Å². The molecule has 0 spiro atoms. The van der Waals surface area contributed by atoms with Crippen molar-refractivity contribution >= 4 is 48.4 Å². The van der Waals surface area contributed by atoms with Gasteiger partial charge in [0.05, 0.1) is 19.8 Å². The Kier molecular flexibility index (Phi) is 8.25. The van der Waals surface area contributed by atoms with Crippen LogP contribution in [0.3, 0.4) is 0 Å². The molecule has 0 aliphatic carbocycles. The van der Waals surface area contributed by atoms with Crippen molar-refractivity contribution in [3.63, 3.8) is 0 Å². The number of hydrogen-bond donors (Lipinski definition) is 0. The second-order valence-electron chi connectivity index (χ2n) is 2.62. The zero-order chi connectivity index (χ0) is 13.5. The molecule has 0 bridgehead atoms. The summed E-state index contributed by atoms with van der Waals surface area (Å²) >= 11 is 16.3. The third-order valence-electron chi connectivity index (χ3n) is 1.33. The fraction of sp³-hybridized carbons (Fsp3) is 0.875. The third-order valence-corrected chi connectivity index (χ3v) is 4.00. The van der Waals surface area contributed by atoms with E-state index in [0.29, 0.717) is 0 Å². The Morgan fingerprint density at radius 1 is 1.06 bits per heavy atom. The first-order valence-electron chi connectivity index (χ1n) is 4.98. The van der Waals surface area contributed by atoms with Crippen molar-refractivity contribution in [2.24, 2.45) is 4.74 Å². The summed E-state index contributed by atoms with van der Waals surface area (Å²) in [6.07, 6.45) is 0. The van der Waals surface area contributed by atoms with Crippen molar-refractivity contribution < 1.29 is 18.4 Å². The van der Waals surface area contributed by atoms with Crippen LogP contribution in [0.1, 0.15) is 20.8 Å². The lowest BCUT2D eigenvalue weighted by Crippen LogP contribution is -2.17. The molecule has 0 aromatic rings. The maximum atomic E-state index is 11.5. The van der Waals surface area contributed by atoms with E-state index < -0.39 is 17.4 Å². The molecule has 0 aromatic carbocycles. The fourth-order valence-electron chi connectivity index (χ4n) is 0.856. The van der Waals surface area contributed by atoms with Crippen LogP contribution in [0.4, 0.5) is 0 Å². The highest BCUT2D eigenvalue weighted by molar-refractivity contribution is 7.51. The summed E-state index contributed by atoms with van der Waals surface area (Å²) in [5.74, 6) is -0.966. The maximum Gasteiger partial charge on any atom is 0.363 e. The van der Waals surface area contributed by atoms with Crippen molar-refractivity contribution in [2.75, 3.05) is 19.8 Å². The Labute approximate surface area is 116 Å². The third kappa shape index (κ3) is 6.39. The van der Waals surface area contributed by atoms with Gasteiger partial charge in [-0.25, -0.2) is 0 Å². The molecule has 0 aromatic heterocycles. The van der Waals surface area contributed by atoms with E-state index in [1.165, 1.54) is 0 Å². The lowest BCUT2D eigenvalue weighted by molar-refractivity contribution is -0.117. The highest BCUT2D eigenvalue weighted by Crippen LogP contribution is 2.54. The molecule has 1 amide bonds. The van der Waals surface area contributed by atoms with Crippen molar-refractivity contribution in [1.82, 2.24) is 0 Å². The second-order valence-corrected chi connectivity index (χ2v) is 6.82. The van der Waals surface area contributed by atoms with Crippen LogP contribution in [0.25, 0.3) is 0 Å². The van der Waals surface area contributed by atoms with Gasteiger partial charge >= 0.3 is 13.6 Å². The van der Waals surface area contributed by atoms with Gasteiger partial charge in [0.1, 0.15) is 0 Å². The molecule has 0 unspecified atom stereocenters. The summed E-state index contributed by atoms with van der Waals surface area (Å²) in [5, 5.41) is 0. The lowest BCUT2D eigenvalue weighted by Gasteiger charge is -2.22. The van der Waals surface area contributed by atoms with E-state index in [0.717, 1.165) is 0 Å². The average Bonchev–Trinajstić information content (AvgIpc) is 2.17. The minimum Gasteiger partial charge on any atom is -0.303 e. The van der Waals surface area contributed by atoms with Crippen molar-refractivity contribution in [1.29, 1.82) is 0 Å². The minimum absolute atomic E-state index is 0.268. The number of halogens is 3. The van der Waals surface area contributed by atoms with Gasteiger partial charge in [0, 0.05) is 0 Å². The molecule has 102 valence electrons. The Bertz CT molecular complexity index is 282. The van der Waals surface area contributed by atoms with Crippen molar-refractivity contribution in [2.45, 2.75) is 24.6 Å². The summed E-state index contributed by atoms with van der Waals surface area (Å²) in [5.41, 5.74) is 0. The molecule has 0 aliphatic rings. The Morgan fingerprint density at radius 2 is 1.41 bits per heavy atom. The predicted molar refractivity (Wildman–Crippen MR) is 69.5 cm³/mol. The van der Waals surface area contributed by atoms with E-state index in [-0.39, 0.29) is 19.8 Å². The van der Waals surface area contributed by atoms with Crippen molar-refractivity contribution in [3.05, 3.63) is 0 Å². The highest BCUT2D eigenvalue weighted by Gasteiger charge is 2.35. The van der Waals surface area contributed by atoms with E-state index in [2.05, 4.69) is 4.74 Å². The molecular formula is C8H15Cl3NO4P. The molecule has 0 atom stereocenters. The van der Waals surface area contributed by atoms with E-state index in [4.69, 9.17) is 48.4 Å². The first-order valence-corrected chi connectivity index (χ1v) is 7.61. The molecule has 9 heteroatoms. The van der Waals surface area contributed by atoms with Gasteiger partial charge in [-0.3, -0.25) is 4.79 Å². The van der Waals surface area contributed by atoms with Crippen LogP contribution >= 0.6 is 42.5 Å². The molecule has 17 heavy (non-hydrogen) atoms. The smallest absolute Gasteiger partial charge is 0.303 e. The number of nitrogens with zero attached hydrogens (tertiary/aromatic N) is 1. The summed E-state index contributed by atoms with van der Waals surface area (Å²) in [6, 6.07) is 0. The van der Waals surface area contributed by atoms with E-state index >= 15 is 0 Å². The average molecular weight is 327 g/mol. The quantitative estimate of drug-likeness (QED) is 0.548. The largest absolute Gasteiger partial charge is 0.363 e. The Morgan fingerprint density at radius 3 is 1.65 bits per heavy atom. The topological polar surface area (TPSA) is 57.1 Å². The Balaban J connectivity index is 5.24. The number of amides is 1. The summed E-state index contributed by atoms with van der Waals surface area (Å²) in [7, 11) is -3.13. The van der Waals surface area contributed by atoms with Crippen LogP contribution in [0.15, 0.2) is 4.74 Å². The zero-order valence-electron chi connectivity index (χ0n) is 9.78. The predicted octanol–water partition coefficient (Wildman–Crippen LogP) is 3.94. The first kappa shape index (κ1) is 17.6. The van der Waals surface area contributed by atoms with E-state index in [9.17, 15) is 4.79 Å². The van der Waals surface area contributed by atoms with Crippen LogP contribution in [0, 0.1) is 0 Å². The molecule has 0 saturated carbocycles. The second kappa shape index (κ2) is 7.95. The molecule has 0 N–H and O–H groups in total. The van der Waals surface area contributed by atoms with E-state index in [1.54, 1.807) is 20.8 Å². The van der Waals surface area contributed by atoms with Gasteiger partial charge < -0.3 is 13.6 Å². The van der Waals surface area contributed by atoms with Gasteiger partial charge in [0.25, 0.3) is 3.79 Å². The highest BCUT2D eigenvalue weighted by atomic mass is 35.6. The Hall–Kier alpha value is 0.650. The van der Waals surface area contributed by atoms with Crippen molar-refractivity contribution in [3.8, 4) is 0 Å². The molecule has 0 radical (unpaired) electrons. The number of alkyl halides is 3. The number of rotatable bonds is 6. The van der Waals surface area contributed by atoms with Crippen LogP contribution < -0.4 is 0 Å². The summed E-state index contributed by atoms with van der Waals surface area (Å²) < 4.78 is 17.4. The molecule has 0 rings (SSSR count). The monoisotopic (exact) mass is 325 g/mol. The molecule has 0 aliphatic heterocycles.